The van der Waals surface area contributed by atoms with Gasteiger partial charge in [0.2, 0.25) is 17.7 Å². The number of hydrogen-bond donors (Lipinski definition) is 3. The smallest absolute Gasteiger partial charge is 0.242 e. The topological polar surface area (TPSA) is 114 Å². The molecule has 1 unspecified atom stereocenters. The van der Waals surface area contributed by atoms with E-state index in [2.05, 4.69) is 15.5 Å². The van der Waals surface area contributed by atoms with Crippen molar-refractivity contribution in [1.29, 1.82) is 0 Å². The molecule has 1 aromatic carbocycles. The van der Waals surface area contributed by atoms with Gasteiger partial charge >= 0.3 is 0 Å². The number of rotatable bonds is 11. The Balaban J connectivity index is 1.59. The van der Waals surface area contributed by atoms with Gasteiger partial charge in [-0.25, -0.2) is 0 Å². The molecule has 3 amide bonds. The molecule has 8 nitrogen and oxygen atoms in total. The second-order valence-electron chi connectivity index (χ2n) is 9.24. The molecule has 0 aromatic heterocycles. The first-order valence-corrected chi connectivity index (χ1v) is 12.2. The molecule has 1 heterocycles. The lowest BCUT2D eigenvalue weighted by Gasteiger charge is -2.34. The number of primary amides is 1. The molecule has 1 aliphatic carbocycles. The average molecular weight is 459 g/mol. The summed E-state index contributed by atoms with van der Waals surface area (Å²) in [5, 5.41) is 5.83. The van der Waals surface area contributed by atoms with Crippen LogP contribution in [0.1, 0.15) is 56.9 Å². The Kier molecular flexibility index (Phi) is 9.26. The average Bonchev–Trinajstić information content (AvgIpc) is 3.34. The van der Waals surface area contributed by atoms with E-state index in [-0.39, 0.29) is 12.1 Å². The van der Waals surface area contributed by atoms with Crippen LogP contribution < -0.4 is 16.4 Å². The summed E-state index contributed by atoms with van der Waals surface area (Å²) in [5.74, 6) is -1.28. The summed E-state index contributed by atoms with van der Waals surface area (Å²) in [6, 6.07) is 8.79. The van der Waals surface area contributed by atoms with Gasteiger partial charge in [0.05, 0.1) is 0 Å². The number of carbonyl (C=O) groups is 3. The number of likely N-dealkylation sites (tertiary alicyclic amines) is 1. The molecule has 0 radical (unpaired) electrons. The van der Waals surface area contributed by atoms with Crippen molar-refractivity contribution in [3.63, 3.8) is 0 Å². The zero-order valence-electron chi connectivity index (χ0n) is 19.7. The van der Waals surface area contributed by atoms with Crippen LogP contribution in [-0.2, 0) is 25.5 Å². The lowest BCUT2D eigenvalue weighted by Crippen LogP contribution is -2.55. The molecular weight excluding hydrogens is 420 g/mol. The van der Waals surface area contributed by atoms with E-state index in [1.807, 2.05) is 30.3 Å². The Bertz CT molecular complexity index is 795. The van der Waals surface area contributed by atoms with Gasteiger partial charge in [-0.15, -0.1) is 0 Å². The second kappa shape index (κ2) is 12.1. The number of benzene rings is 1. The minimum absolute atomic E-state index is 0.149. The number of piperidine rings is 1. The van der Waals surface area contributed by atoms with Gasteiger partial charge in [-0.1, -0.05) is 43.2 Å². The Morgan fingerprint density at radius 2 is 1.88 bits per heavy atom. The van der Waals surface area contributed by atoms with Crippen LogP contribution in [0.3, 0.4) is 0 Å². The molecule has 2 aliphatic rings. The Hall–Kier alpha value is -2.45. The van der Waals surface area contributed by atoms with Crippen molar-refractivity contribution in [3.05, 3.63) is 35.9 Å². The maximum Gasteiger partial charge on any atom is 0.242 e. The van der Waals surface area contributed by atoms with Gasteiger partial charge in [-0.2, -0.15) is 0 Å². The summed E-state index contributed by atoms with van der Waals surface area (Å²) < 4.78 is 5.56. The van der Waals surface area contributed by atoms with Gasteiger partial charge in [-0.3, -0.25) is 19.3 Å². The molecule has 4 N–H and O–H groups in total. The van der Waals surface area contributed by atoms with Crippen molar-refractivity contribution < 1.29 is 19.1 Å². The molecule has 1 aromatic rings. The third-order valence-corrected chi connectivity index (χ3v) is 7.01. The molecule has 2 atom stereocenters. The second-order valence-corrected chi connectivity index (χ2v) is 9.24. The van der Waals surface area contributed by atoms with Crippen LogP contribution >= 0.6 is 0 Å². The highest BCUT2D eigenvalue weighted by Crippen LogP contribution is 2.38. The largest absolute Gasteiger partial charge is 0.369 e. The molecular formula is C25H38N4O4. The number of carbonyl (C=O) groups excluding carboxylic acids is 3. The number of nitrogens with zero attached hydrogens (tertiary/aromatic N) is 1. The summed E-state index contributed by atoms with van der Waals surface area (Å²) in [5.41, 5.74) is 5.34. The lowest BCUT2D eigenvalue weighted by atomic mass is 9.84. The summed E-state index contributed by atoms with van der Waals surface area (Å²) in [7, 11) is 1.74. The van der Waals surface area contributed by atoms with Crippen molar-refractivity contribution >= 4 is 17.7 Å². The number of methoxy groups -OCH3 is 1. The van der Waals surface area contributed by atoms with Gasteiger partial charge in [0.1, 0.15) is 17.7 Å². The zero-order chi connectivity index (χ0) is 23.7. The van der Waals surface area contributed by atoms with E-state index in [9.17, 15) is 14.4 Å². The third-order valence-electron chi connectivity index (χ3n) is 7.01. The lowest BCUT2D eigenvalue weighted by molar-refractivity contribution is -0.143. The van der Waals surface area contributed by atoms with Crippen LogP contribution in [0, 0.1) is 5.41 Å². The summed E-state index contributed by atoms with van der Waals surface area (Å²) >= 11 is 0. The molecule has 1 saturated heterocycles. The molecule has 3 rings (SSSR count). The SMILES string of the molecule is COC1CCCCN1CCCNC(=O)[C@@H](Cc1ccccc1)NC(=O)C1(C(N)=O)CCCC1. The summed E-state index contributed by atoms with van der Waals surface area (Å²) in [6.07, 6.45) is 7.11. The van der Waals surface area contributed by atoms with Crippen LogP contribution in [0.25, 0.3) is 0 Å². The van der Waals surface area contributed by atoms with E-state index < -0.39 is 23.3 Å². The first-order valence-electron chi connectivity index (χ1n) is 12.2. The van der Waals surface area contributed by atoms with E-state index in [1.165, 1.54) is 12.8 Å². The first kappa shape index (κ1) is 25.2. The first-order chi connectivity index (χ1) is 16.0. The molecule has 33 heavy (non-hydrogen) atoms. The normalized spacial score (nSPS) is 21.3. The Morgan fingerprint density at radius 3 is 2.55 bits per heavy atom. The van der Waals surface area contributed by atoms with Gasteiger partial charge in [0, 0.05) is 33.2 Å². The minimum atomic E-state index is -1.21. The highest BCUT2D eigenvalue weighted by atomic mass is 16.5. The molecule has 1 aliphatic heterocycles. The van der Waals surface area contributed by atoms with Gasteiger partial charge in [0.15, 0.2) is 0 Å². The fourth-order valence-corrected chi connectivity index (χ4v) is 5.02. The molecule has 1 saturated carbocycles. The maximum atomic E-state index is 13.1. The van der Waals surface area contributed by atoms with E-state index in [0.29, 0.717) is 25.8 Å². The van der Waals surface area contributed by atoms with Crippen LogP contribution in [0.4, 0.5) is 0 Å². The number of amides is 3. The Labute approximate surface area is 196 Å². The highest BCUT2D eigenvalue weighted by molar-refractivity contribution is 6.05. The number of nitrogens with one attached hydrogen (secondary N) is 2. The van der Waals surface area contributed by atoms with Gasteiger partial charge < -0.3 is 21.1 Å². The van der Waals surface area contributed by atoms with Crippen molar-refractivity contribution in [2.24, 2.45) is 11.1 Å². The summed E-state index contributed by atoms with van der Waals surface area (Å²) in [6.45, 7) is 2.36. The van der Waals surface area contributed by atoms with Crippen molar-refractivity contribution in [1.82, 2.24) is 15.5 Å². The number of ether oxygens (including phenoxy) is 1. The minimum Gasteiger partial charge on any atom is -0.369 e. The summed E-state index contributed by atoms with van der Waals surface area (Å²) in [4.78, 5) is 40.6. The molecule has 2 fully saturated rings. The van der Waals surface area contributed by atoms with Crippen LogP contribution in [0.15, 0.2) is 30.3 Å². The van der Waals surface area contributed by atoms with Gasteiger partial charge in [0.25, 0.3) is 0 Å². The molecule has 182 valence electrons. The maximum absolute atomic E-state index is 13.1. The number of hydrogen-bond acceptors (Lipinski definition) is 5. The highest BCUT2D eigenvalue weighted by Gasteiger charge is 2.47. The molecule has 0 bridgehead atoms. The predicted octanol–water partition coefficient (Wildman–Crippen LogP) is 1.72. The van der Waals surface area contributed by atoms with Crippen LogP contribution in [0.5, 0.6) is 0 Å². The van der Waals surface area contributed by atoms with E-state index in [4.69, 9.17) is 10.5 Å². The monoisotopic (exact) mass is 458 g/mol. The van der Waals surface area contributed by atoms with E-state index in [0.717, 1.165) is 44.3 Å². The third kappa shape index (κ3) is 6.54. The van der Waals surface area contributed by atoms with Gasteiger partial charge in [-0.05, 0) is 44.1 Å². The van der Waals surface area contributed by atoms with E-state index >= 15 is 0 Å². The number of nitrogens with two attached hydrogens (primary N) is 1. The predicted molar refractivity (Wildman–Crippen MR) is 126 cm³/mol. The molecule has 8 heteroatoms. The Morgan fingerprint density at radius 1 is 1.15 bits per heavy atom. The fraction of sp³-hybridized carbons (Fsp3) is 0.640. The van der Waals surface area contributed by atoms with Crippen molar-refractivity contribution in [2.45, 2.75) is 70.1 Å². The standard InChI is InChI=1S/C25H38N4O4/c1-33-21-12-5-8-16-29(21)17-9-15-27-22(30)20(18-19-10-3-2-4-11-19)28-24(32)25(23(26)31)13-6-7-14-25/h2-4,10-11,20-21H,5-9,12-18H2,1H3,(H2,26,31)(H,27,30)(H,28,32)/t20-,21?/m1/s1. The quantitative estimate of drug-likeness (QED) is 0.345. The zero-order valence-corrected chi connectivity index (χ0v) is 19.7. The van der Waals surface area contributed by atoms with Crippen LogP contribution in [0.2, 0.25) is 0 Å². The fourth-order valence-electron chi connectivity index (χ4n) is 5.02. The van der Waals surface area contributed by atoms with Crippen molar-refractivity contribution in [2.75, 3.05) is 26.7 Å². The van der Waals surface area contributed by atoms with E-state index in [1.54, 1.807) is 7.11 Å². The molecule has 0 spiro atoms. The van der Waals surface area contributed by atoms with Crippen LogP contribution in [-0.4, -0.2) is 61.6 Å². The van der Waals surface area contributed by atoms with Crippen molar-refractivity contribution in [3.8, 4) is 0 Å².